The number of ether oxygens (including phenoxy) is 1. The van der Waals surface area contributed by atoms with Gasteiger partial charge in [0.2, 0.25) is 5.88 Å². The molecule has 0 aliphatic rings. The Morgan fingerprint density at radius 2 is 1.81 bits per heavy atom. The fourth-order valence-corrected chi connectivity index (χ4v) is 3.41. The van der Waals surface area contributed by atoms with Gasteiger partial charge in [0.25, 0.3) is 0 Å². The van der Waals surface area contributed by atoms with Crippen molar-refractivity contribution in [3.8, 4) is 22.9 Å². The van der Waals surface area contributed by atoms with Gasteiger partial charge in [0.05, 0.1) is 22.5 Å². The second-order valence-corrected chi connectivity index (χ2v) is 7.92. The quantitative estimate of drug-likeness (QED) is 0.272. The molecule has 0 fully saturated rings. The van der Waals surface area contributed by atoms with Gasteiger partial charge in [0.15, 0.2) is 0 Å². The minimum absolute atomic E-state index is 0.319. The number of nitrogens with zero attached hydrogens (tertiary/aromatic N) is 3. The molecule has 7 nitrogen and oxygen atoms in total. The second-order valence-electron chi connectivity index (χ2n) is 7.92. The summed E-state index contributed by atoms with van der Waals surface area (Å²) in [5, 5.41) is 4.57. The largest absolute Gasteiger partial charge is 0.438 e. The molecular formula is C26H21F4N5O2. The maximum atomic E-state index is 13.9. The third-order valence-corrected chi connectivity index (χ3v) is 5.25. The maximum absolute atomic E-state index is 13.9. The summed E-state index contributed by atoms with van der Waals surface area (Å²) in [5.41, 5.74) is 0.606. The van der Waals surface area contributed by atoms with Gasteiger partial charge < -0.3 is 15.4 Å². The Morgan fingerprint density at radius 1 is 1.00 bits per heavy atom. The Labute approximate surface area is 209 Å². The van der Waals surface area contributed by atoms with Crippen LogP contribution in [0.5, 0.6) is 11.6 Å². The van der Waals surface area contributed by atoms with E-state index in [2.05, 4.69) is 25.6 Å². The van der Waals surface area contributed by atoms with E-state index in [4.69, 9.17) is 4.74 Å². The number of amides is 2. The molecular weight excluding hydrogens is 490 g/mol. The zero-order valence-corrected chi connectivity index (χ0v) is 19.7. The first kappa shape index (κ1) is 25.5. The van der Waals surface area contributed by atoms with E-state index >= 15 is 0 Å². The molecule has 0 bridgehead atoms. The van der Waals surface area contributed by atoms with Crippen LogP contribution in [0.4, 0.5) is 33.7 Å². The Hall–Kier alpha value is -4.54. The molecule has 2 aromatic heterocycles. The molecule has 0 saturated carbocycles. The van der Waals surface area contributed by atoms with Gasteiger partial charge in [-0.1, -0.05) is 6.92 Å². The molecule has 0 aliphatic carbocycles. The third-order valence-electron chi connectivity index (χ3n) is 5.25. The van der Waals surface area contributed by atoms with Crippen molar-refractivity contribution in [1.82, 2.24) is 15.0 Å². The predicted molar refractivity (Wildman–Crippen MR) is 130 cm³/mol. The first-order valence-corrected chi connectivity index (χ1v) is 11.1. The van der Waals surface area contributed by atoms with Crippen molar-refractivity contribution in [2.24, 2.45) is 0 Å². The lowest BCUT2D eigenvalue weighted by Gasteiger charge is -2.14. The van der Waals surface area contributed by atoms with Crippen LogP contribution in [0.15, 0.2) is 67.0 Å². The summed E-state index contributed by atoms with van der Waals surface area (Å²) < 4.78 is 58.7. The highest BCUT2D eigenvalue weighted by atomic mass is 19.4. The molecule has 4 rings (SSSR count). The summed E-state index contributed by atoms with van der Waals surface area (Å²) in [6.07, 6.45) is -0.748. The SMILES string of the molecule is CCc1nccc(-c2cccnc2Oc2ccc(NC(=O)Nc3cc(C(F)(F)F)ccc3F)cc2C)n1. The average Bonchev–Trinajstić information content (AvgIpc) is 2.86. The van der Waals surface area contributed by atoms with Crippen molar-refractivity contribution in [3.05, 3.63) is 89.8 Å². The number of halogens is 4. The lowest BCUT2D eigenvalue weighted by Crippen LogP contribution is -2.20. The Kier molecular flexibility index (Phi) is 7.32. The number of urea groups is 1. The van der Waals surface area contributed by atoms with Crippen LogP contribution < -0.4 is 15.4 Å². The Morgan fingerprint density at radius 3 is 2.54 bits per heavy atom. The third kappa shape index (κ3) is 6.18. The molecule has 0 unspecified atom stereocenters. The summed E-state index contributed by atoms with van der Waals surface area (Å²) in [7, 11) is 0. The number of anilines is 2. The van der Waals surface area contributed by atoms with Crippen molar-refractivity contribution in [2.45, 2.75) is 26.4 Å². The normalized spacial score (nSPS) is 11.2. The molecule has 0 spiro atoms. The van der Waals surface area contributed by atoms with Gasteiger partial charge in [-0.25, -0.2) is 24.1 Å². The van der Waals surface area contributed by atoms with E-state index in [1.807, 2.05) is 13.0 Å². The Bertz CT molecular complexity index is 1440. The van der Waals surface area contributed by atoms with E-state index in [-0.39, 0.29) is 0 Å². The van der Waals surface area contributed by atoms with Crippen molar-refractivity contribution < 1.29 is 27.1 Å². The predicted octanol–water partition coefficient (Wildman–Crippen LogP) is 7.00. The van der Waals surface area contributed by atoms with E-state index in [9.17, 15) is 22.4 Å². The molecule has 11 heteroatoms. The zero-order chi connectivity index (χ0) is 26.6. The van der Waals surface area contributed by atoms with Crippen molar-refractivity contribution in [1.29, 1.82) is 0 Å². The molecule has 2 heterocycles. The van der Waals surface area contributed by atoms with Gasteiger partial charge in [-0.2, -0.15) is 13.2 Å². The minimum Gasteiger partial charge on any atom is -0.438 e. The highest BCUT2D eigenvalue weighted by Gasteiger charge is 2.31. The molecule has 2 amide bonds. The standard InChI is InChI=1S/C26H21F4N5O2/c1-3-23-31-12-10-20(34-23)18-5-4-11-32-24(18)37-22-9-7-17(13-15(22)2)33-25(36)35-21-14-16(26(28,29)30)6-8-19(21)27/h4-14H,3H2,1-2H3,(H2,33,35,36). The van der Waals surface area contributed by atoms with E-state index in [0.717, 1.165) is 0 Å². The van der Waals surface area contributed by atoms with Gasteiger partial charge in [-0.05, 0) is 67.1 Å². The number of hydrogen-bond donors (Lipinski definition) is 2. The molecule has 0 saturated heterocycles. The summed E-state index contributed by atoms with van der Waals surface area (Å²) in [6, 6.07) is 10.9. The average molecular weight is 511 g/mol. The summed E-state index contributed by atoms with van der Waals surface area (Å²) in [4.78, 5) is 25.4. The van der Waals surface area contributed by atoms with Crippen LogP contribution in [-0.2, 0) is 12.6 Å². The lowest BCUT2D eigenvalue weighted by molar-refractivity contribution is -0.137. The molecule has 2 aromatic carbocycles. The Balaban J connectivity index is 1.49. The summed E-state index contributed by atoms with van der Waals surface area (Å²) in [5.74, 6) is 0.468. The van der Waals surface area contributed by atoms with Crippen molar-refractivity contribution in [3.63, 3.8) is 0 Å². The van der Waals surface area contributed by atoms with Crippen LogP contribution in [0.3, 0.4) is 0 Å². The first-order chi connectivity index (χ1) is 17.6. The van der Waals surface area contributed by atoms with Crippen LogP contribution in [0, 0.1) is 12.7 Å². The van der Waals surface area contributed by atoms with E-state index in [1.165, 1.54) is 6.07 Å². The van der Waals surface area contributed by atoms with Crippen molar-refractivity contribution in [2.75, 3.05) is 10.6 Å². The van der Waals surface area contributed by atoms with Gasteiger partial charge in [-0.15, -0.1) is 0 Å². The monoisotopic (exact) mass is 511 g/mol. The number of aromatic nitrogens is 3. The van der Waals surface area contributed by atoms with E-state index in [1.54, 1.807) is 43.6 Å². The van der Waals surface area contributed by atoms with E-state index < -0.39 is 29.3 Å². The zero-order valence-electron chi connectivity index (χ0n) is 19.7. The number of pyridine rings is 1. The molecule has 190 valence electrons. The number of alkyl halides is 3. The number of aryl methyl sites for hydroxylation is 2. The van der Waals surface area contributed by atoms with Crippen LogP contribution in [-0.4, -0.2) is 21.0 Å². The number of carbonyl (C=O) groups is 1. The highest BCUT2D eigenvalue weighted by Crippen LogP contribution is 2.33. The van der Waals surface area contributed by atoms with Gasteiger partial charge in [-0.3, -0.25) is 0 Å². The van der Waals surface area contributed by atoms with Crippen LogP contribution in [0.1, 0.15) is 23.9 Å². The minimum atomic E-state index is -4.67. The van der Waals surface area contributed by atoms with E-state index in [0.29, 0.717) is 64.6 Å². The van der Waals surface area contributed by atoms with Crippen LogP contribution >= 0.6 is 0 Å². The van der Waals surface area contributed by atoms with Gasteiger partial charge >= 0.3 is 12.2 Å². The summed E-state index contributed by atoms with van der Waals surface area (Å²) >= 11 is 0. The lowest BCUT2D eigenvalue weighted by atomic mass is 10.1. The molecule has 0 atom stereocenters. The topological polar surface area (TPSA) is 89.0 Å². The van der Waals surface area contributed by atoms with Crippen LogP contribution in [0.2, 0.25) is 0 Å². The van der Waals surface area contributed by atoms with Gasteiger partial charge in [0.1, 0.15) is 17.4 Å². The molecule has 0 aliphatic heterocycles. The highest BCUT2D eigenvalue weighted by molar-refractivity contribution is 6.00. The maximum Gasteiger partial charge on any atom is 0.416 e. The molecule has 0 radical (unpaired) electrons. The number of nitrogens with one attached hydrogen (secondary N) is 2. The fraction of sp³-hybridized carbons (Fsp3) is 0.154. The number of benzene rings is 2. The summed E-state index contributed by atoms with van der Waals surface area (Å²) in [6.45, 7) is 3.70. The molecule has 4 aromatic rings. The number of rotatable bonds is 6. The fourth-order valence-electron chi connectivity index (χ4n) is 3.41. The van der Waals surface area contributed by atoms with Crippen LogP contribution in [0.25, 0.3) is 11.3 Å². The van der Waals surface area contributed by atoms with Gasteiger partial charge in [0, 0.05) is 24.5 Å². The number of carbonyl (C=O) groups excluding carboxylic acids is 1. The smallest absolute Gasteiger partial charge is 0.416 e. The molecule has 2 N–H and O–H groups in total. The van der Waals surface area contributed by atoms with Crippen molar-refractivity contribution >= 4 is 17.4 Å². The number of hydrogen-bond acceptors (Lipinski definition) is 5. The first-order valence-electron chi connectivity index (χ1n) is 11.1. The molecule has 37 heavy (non-hydrogen) atoms. The second kappa shape index (κ2) is 10.6.